The van der Waals surface area contributed by atoms with Crippen LogP contribution in [-0.4, -0.2) is 32.8 Å². The minimum Gasteiger partial charge on any atom is -0.462 e. The summed E-state index contributed by atoms with van der Waals surface area (Å²) >= 11 is 0. The van der Waals surface area contributed by atoms with Gasteiger partial charge < -0.3 is 10.1 Å². The minimum absolute atomic E-state index is 0.335. The summed E-state index contributed by atoms with van der Waals surface area (Å²) in [5.74, 6) is 0.180. The van der Waals surface area contributed by atoms with E-state index in [-0.39, 0.29) is 5.97 Å². The maximum Gasteiger partial charge on any atom is 0.338 e. The predicted molar refractivity (Wildman–Crippen MR) is 84.6 cm³/mol. The first-order valence-electron chi connectivity index (χ1n) is 7.70. The van der Waals surface area contributed by atoms with Gasteiger partial charge in [0.15, 0.2) is 0 Å². The summed E-state index contributed by atoms with van der Waals surface area (Å²) in [5, 5.41) is 14.8. The Balaban J connectivity index is 1.99. The summed E-state index contributed by atoms with van der Waals surface area (Å²) in [6.45, 7) is 4.31. The van der Waals surface area contributed by atoms with Gasteiger partial charge in [0.2, 0.25) is 5.95 Å². The van der Waals surface area contributed by atoms with Gasteiger partial charge in [0.1, 0.15) is 6.04 Å². The second-order valence-electron chi connectivity index (χ2n) is 5.41. The molecule has 7 heteroatoms. The number of unbranched alkanes of at least 4 members (excludes halogenated alkanes) is 1. The molecule has 3 rings (SSSR count). The van der Waals surface area contributed by atoms with Gasteiger partial charge in [0.05, 0.1) is 12.2 Å². The van der Waals surface area contributed by atoms with Gasteiger partial charge in [-0.05, 0) is 29.3 Å². The Morgan fingerprint density at radius 3 is 2.87 bits per heavy atom. The molecule has 1 aliphatic rings. The first-order valence-corrected chi connectivity index (χ1v) is 7.70. The summed E-state index contributed by atoms with van der Waals surface area (Å²) in [6.07, 6.45) is 1.82. The fourth-order valence-corrected chi connectivity index (χ4v) is 2.61. The van der Waals surface area contributed by atoms with Crippen LogP contribution < -0.4 is 5.32 Å². The summed E-state index contributed by atoms with van der Waals surface area (Å²) in [6, 6.07) is 9.30. The maximum atomic E-state index is 12.6. The first-order chi connectivity index (χ1) is 11.2. The van der Waals surface area contributed by atoms with Crippen LogP contribution in [0.15, 0.2) is 41.6 Å². The molecule has 0 unspecified atom stereocenters. The molecular formula is C16H19N5O2. The topological polar surface area (TPSA) is 81.9 Å². The zero-order valence-corrected chi connectivity index (χ0v) is 13.2. The van der Waals surface area contributed by atoms with Crippen LogP contribution in [0.4, 0.5) is 5.95 Å². The zero-order chi connectivity index (χ0) is 16.2. The van der Waals surface area contributed by atoms with E-state index in [9.17, 15) is 4.79 Å². The third kappa shape index (κ3) is 2.94. The van der Waals surface area contributed by atoms with E-state index in [1.54, 1.807) is 4.68 Å². The molecule has 0 saturated carbocycles. The molecule has 1 aliphatic heterocycles. The third-order valence-electron chi connectivity index (χ3n) is 3.78. The van der Waals surface area contributed by atoms with Gasteiger partial charge in [-0.3, -0.25) is 0 Å². The number of aromatic nitrogens is 4. The molecule has 0 fully saturated rings. The number of hydrogen-bond acceptors (Lipinski definition) is 6. The predicted octanol–water partition coefficient (Wildman–Crippen LogP) is 2.31. The van der Waals surface area contributed by atoms with Crippen molar-refractivity contribution in [2.75, 3.05) is 11.9 Å². The Morgan fingerprint density at radius 1 is 1.35 bits per heavy atom. The molecule has 120 valence electrons. The fourth-order valence-electron chi connectivity index (χ4n) is 2.61. The fraction of sp³-hybridized carbons (Fsp3) is 0.375. The first kappa shape index (κ1) is 15.2. The van der Waals surface area contributed by atoms with Gasteiger partial charge in [-0.15, -0.1) is 0 Å². The van der Waals surface area contributed by atoms with E-state index in [1.165, 1.54) is 0 Å². The lowest BCUT2D eigenvalue weighted by Gasteiger charge is -2.27. The summed E-state index contributed by atoms with van der Waals surface area (Å²) in [7, 11) is 0. The maximum absolute atomic E-state index is 12.6. The van der Waals surface area contributed by atoms with Crippen molar-refractivity contribution in [3.63, 3.8) is 0 Å². The smallest absolute Gasteiger partial charge is 0.338 e. The number of tetrazole rings is 1. The van der Waals surface area contributed by atoms with Crippen molar-refractivity contribution in [1.82, 2.24) is 20.2 Å². The van der Waals surface area contributed by atoms with Crippen molar-refractivity contribution < 1.29 is 9.53 Å². The Morgan fingerprint density at radius 2 is 2.13 bits per heavy atom. The molecule has 0 amide bonds. The van der Waals surface area contributed by atoms with Gasteiger partial charge >= 0.3 is 5.97 Å². The van der Waals surface area contributed by atoms with Crippen LogP contribution in [0.5, 0.6) is 0 Å². The number of allylic oxidation sites excluding steroid dienone is 1. The number of nitrogens with zero attached hydrogens (tertiary/aromatic N) is 4. The minimum atomic E-state index is -0.392. The monoisotopic (exact) mass is 313 g/mol. The van der Waals surface area contributed by atoms with Crippen molar-refractivity contribution in [3.05, 3.63) is 47.2 Å². The van der Waals surface area contributed by atoms with Gasteiger partial charge in [-0.1, -0.05) is 48.8 Å². The highest BCUT2D eigenvalue weighted by atomic mass is 16.5. The molecule has 1 aromatic heterocycles. The molecule has 0 bridgehead atoms. The molecule has 7 nitrogen and oxygen atoms in total. The summed E-state index contributed by atoms with van der Waals surface area (Å²) in [5.41, 5.74) is 2.18. The Bertz CT molecular complexity index is 723. The second kappa shape index (κ2) is 6.60. The number of ether oxygens (including phenoxy) is 1. The highest BCUT2D eigenvalue weighted by molar-refractivity contribution is 5.92. The summed E-state index contributed by atoms with van der Waals surface area (Å²) < 4.78 is 7.03. The van der Waals surface area contributed by atoms with Crippen LogP contribution in [0.1, 0.15) is 38.3 Å². The number of esters is 1. The van der Waals surface area contributed by atoms with Gasteiger partial charge in [-0.25, -0.2) is 4.79 Å². The van der Waals surface area contributed by atoms with Gasteiger partial charge in [0, 0.05) is 5.70 Å². The van der Waals surface area contributed by atoms with Crippen molar-refractivity contribution in [1.29, 1.82) is 0 Å². The molecular weight excluding hydrogens is 294 g/mol. The average Bonchev–Trinajstić information content (AvgIpc) is 3.02. The SMILES string of the molecule is CCCCOC(=O)C1=C(C)Nc2nnnn2[C@@H]1c1ccccc1. The van der Waals surface area contributed by atoms with Crippen molar-refractivity contribution in [2.24, 2.45) is 0 Å². The Labute approximate surface area is 134 Å². The molecule has 23 heavy (non-hydrogen) atoms. The number of benzene rings is 1. The van der Waals surface area contributed by atoms with Crippen molar-refractivity contribution in [2.45, 2.75) is 32.7 Å². The largest absolute Gasteiger partial charge is 0.462 e. The Hall–Kier alpha value is -2.70. The van der Waals surface area contributed by atoms with E-state index >= 15 is 0 Å². The molecule has 2 heterocycles. The number of carbonyl (C=O) groups excluding carboxylic acids is 1. The molecule has 1 N–H and O–H groups in total. The van der Waals surface area contributed by atoms with Crippen molar-refractivity contribution >= 4 is 11.9 Å². The van der Waals surface area contributed by atoms with Gasteiger partial charge in [-0.2, -0.15) is 4.68 Å². The van der Waals surface area contributed by atoms with E-state index in [0.717, 1.165) is 18.4 Å². The Kier molecular flexibility index (Phi) is 4.36. The van der Waals surface area contributed by atoms with Crippen LogP contribution in [0.3, 0.4) is 0 Å². The highest BCUT2D eigenvalue weighted by Gasteiger charge is 2.34. The molecule has 0 saturated heterocycles. The van der Waals surface area contributed by atoms with Crippen LogP contribution in [-0.2, 0) is 9.53 Å². The molecule has 1 aromatic carbocycles. The van der Waals surface area contributed by atoms with Crippen LogP contribution in [0.2, 0.25) is 0 Å². The van der Waals surface area contributed by atoms with E-state index in [4.69, 9.17) is 4.74 Å². The quantitative estimate of drug-likeness (QED) is 0.674. The van der Waals surface area contributed by atoms with Crippen LogP contribution in [0, 0.1) is 0 Å². The summed E-state index contributed by atoms with van der Waals surface area (Å²) in [4.78, 5) is 12.6. The van der Waals surface area contributed by atoms with Gasteiger partial charge in [0.25, 0.3) is 0 Å². The lowest BCUT2D eigenvalue weighted by molar-refractivity contribution is -0.139. The van der Waals surface area contributed by atoms with E-state index in [0.29, 0.717) is 23.8 Å². The standard InChI is InChI=1S/C16H19N5O2/c1-3-4-10-23-15(22)13-11(2)17-16-18-19-20-21(16)14(13)12-8-6-5-7-9-12/h5-9,14H,3-4,10H2,1-2H3,(H,17,18,20)/t14-/m1/s1. The molecule has 0 radical (unpaired) electrons. The number of fused-ring (bicyclic) bond motifs is 1. The normalized spacial score (nSPS) is 16.7. The number of carbonyl (C=O) groups is 1. The number of anilines is 1. The zero-order valence-electron chi connectivity index (χ0n) is 13.2. The third-order valence-corrected chi connectivity index (χ3v) is 3.78. The molecule has 2 aromatic rings. The van der Waals surface area contributed by atoms with Crippen molar-refractivity contribution in [3.8, 4) is 0 Å². The average molecular weight is 313 g/mol. The van der Waals surface area contributed by atoms with Crippen LogP contribution >= 0.6 is 0 Å². The highest BCUT2D eigenvalue weighted by Crippen LogP contribution is 2.34. The molecule has 0 aliphatic carbocycles. The number of nitrogens with one attached hydrogen (secondary N) is 1. The van der Waals surface area contributed by atoms with Crippen LogP contribution in [0.25, 0.3) is 0 Å². The van der Waals surface area contributed by atoms with E-state index in [2.05, 4.69) is 27.8 Å². The number of hydrogen-bond donors (Lipinski definition) is 1. The number of rotatable bonds is 5. The van der Waals surface area contributed by atoms with E-state index < -0.39 is 6.04 Å². The van der Waals surface area contributed by atoms with E-state index in [1.807, 2.05) is 37.3 Å². The molecule has 1 atom stereocenters. The lowest BCUT2D eigenvalue weighted by Crippen LogP contribution is -2.29. The molecule has 0 spiro atoms. The second-order valence-corrected chi connectivity index (χ2v) is 5.41. The lowest BCUT2D eigenvalue weighted by atomic mass is 9.96.